The minimum Gasteiger partial charge on any atom is -0.481 e. The van der Waals surface area contributed by atoms with E-state index in [1.165, 1.54) is 0 Å². The molecular weight excluding hydrogens is 508 g/mol. The normalized spacial score (nSPS) is 14.3. The fourth-order valence-corrected chi connectivity index (χ4v) is 5.06. The number of hydrogen-bond donors (Lipinski definition) is 3. The van der Waals surface area contributed by atoms with Gasteiger partial charge in [-0.05, 0) is 41.2 Å². The smallest absolute Gasteiger partial charge is 0.407 e. The summed E-state index contributed by atoms with van der Waals surface area (Å²) >= 11 is 0. The lowest BCUT2D eigenvalue weighted by molar-refractivity contribution is -0.142. The van der Waals surface area contributed by atoms with Gasteiger partial charge >= 0.3 is 12.1 Å². The van der Waals surface area contributed by atoms with Gasteiger partial charge in [-0.3, -0.25) is 9.59 Å². The van der Waals surface area contributed by atoms with Gasteiger partial charge in [-0.2, -0.15) is 0 Å². The number of amides is 2. The molecule has 3 aromatic carbocycles. The third kappa shape index (κ3) is 7.07. The summed E-state index contributed by atoms with van der Waals surface area (Å²) in [5.41, 5.74) is 5.32. The number of ether oxygens (including phenoxy) is 2. The third-order valence-corrected chi connectivity index (χ3v) is 7.23. The molecule has 0 radical (unpaired) electrons. The summed E-state index contributed by atoms with van der Waals surface area (Å²) in [6.07, 6.45) is -0.360. The largest absolute Gasteiger partial charge is 0.481 e. The summed E-state index contributed by atoms with van der Waals surface area (Å²) in [5.74, 6) is -2.35. The van der Waals surface area contributed by atoms with Gasteiger partial charge in [0.15, 0.2) is 0 Å². The predicted octanol–water partition coefficient (Wildman–Crippen LogP) is 5.12. The van der Waals surface area contributed by atoms with E-state index in [4.69, 9.17) is 9.47 Å². The van der Waals surface area contributed by atoms with Gasteiger partial charge in [-0.1, -0.05) is 92.2 Å². The van der Waals surface area contributed by atoms with Gasteiger partial charge in [0.2, 0.25) is 5.91 Å². The van der Waals surface area contributed by atoms with Crippen LogP contribution in [0.4, 0.5) is 4.79 Å². The second-order valence-electron chi connectivity index (χ2n) is 10.0. The molecule has 0 bridgehead atoms. The average Bonchev–Trinajstić information content (AvgIpc) is 3.29. The quantitative estimate of drug-likeness (QED) is 0.275. The van der Waals surface area contributed by atoms with E-state index in [-0.39, 0.29) is 25.7 Å². The Morgan fingerprint density at radius 1 is 0.900 bits per heavy atom. The molecular formula is C32H36N2O6. The number of fused-ring (bicyclic) bond motifs is 3. The first-order valence-corrected chi connectivity index (χ1v) is 13.7. The highest BCUT2D eigenvalue weighted by Crippen LogP contribution is 2.44. The number of hydrogen-bond acceptors (Lipinski definition) is 5. The van der Waals surface area contributed by atoms with E-state index < -0.39 is 36.0 Å². The van der Waals surface area contributed by atoms with E-state index in [0.717, 1.165) is 27.8 Å². The van der Waals surface area contributed by atoms with Gasteiger partial charge in [0.05, 0.1) is 18.6 Å². The van der Waals surface area contributed by atoms with E-state index in [0.29, 0.717) is 12.8 Å². The van der Waals surface area contributed by atoms with Crippen molar-refractivity contribution >= 4 is 18.0 Å². The predicted molar refractivity (Wildman–Crippen MR) is 152 cm³/mol. The van der Waals surface area contributed by atoms with E-state index in [1.54, 1.807) is 6.92 Å². The maximum atomic E-state index is 13.2. The van der Waals surface area contributed by atoms with Crippen LogP contribution in [0.5, 0.6) is 0 Å². The fourth-order valence-electron chi connectivity index (χ4n) is 5.06. The molecule has 0 heterocycles. The molecule has 1 aliphatic carbocycles. The molecule has 3 atom stereocenters. The molecule has 1 aliphatic rings. The molecule has 2 amide bonds. The lowest BCUT2D eigenvalue weighted by atomic mass is 9.98. The van der Waals surface area contributed by atoms with Gasteiger partial charge in [-0.15, -0.1) is 0 Å². The summed E-state index contributed by atoms with van der Waals surface area (Å²) in [5, 5.41) is 14.8. The summed E-state index contributed by atoms with van der Waals surface area (Å²) in [7, 11) is 0. The molecule has 0 saturated carbocycles. The second-order valence-corrected chi connectivity index (χ2v) is 10.0. The summed E-state index contributed by atoms with van der Waals surface area (Å²) in [4.78, 5) is 37.8. The fraction of sp³-hybridized carbons (Fsp3) is 0.344. The molecule has 210 valence electrons. The molecule has 40 heavy (non-hydrogen) atoms. The Bertz CT molecular complexity index is 1270. The minimum atomic E-state index is -1.09. The van der Waals surface area contributed by atoms with Crippen LogP contribution in [0.3, 0.4) is 0 Å². The maximum absolute atomic E-state index is 13.2. The van der Waals surface area contributed by atoms with Crippen LogP contribution in [-0.2, 0) is 25.7 Å². The molecule has 0 aliphatic heterocycles. The van der Waals surface area contributed by atoms with Crippen LogP contribution in [0, 0.1) is 5.92 Å². The van der Waals surface area contributed by atoms with E-state index >= 15 is 0 Å². The van der Waals surface area contributed by atoms with Crippen molar-refractivity contribution in [3.8, 4) is 11.1 Å². The zero-order valence-electron chi connectivity index (χ0n) is 22.8. The van der Waals surface area contributed by atoms with Crippen LogP contribution >= 0.6 is 0 Å². The first kappa shape index (κ1) is 28.8. The Balaban J connectivity index is 1.43. The van der Waals surface area contributed by atoms with Gasteiger partial charge in [-0.25, -0.2) is 4.79 Å². The lowest BCUT2D eigenvalue weighted by Gasteiger charge is -2.25. The van der Waals surface area contributed by atoms with Crippen molar-refractivity contribution in [1.29, 1.82) is 0 Å². The monoisotopic (exact) mass is 544 g/mol. The average molecular weight is 545 g/mol. The van der Waals surface area contributed by atoms with Crippen molar-refractivity contribution in [2.75, 3.05) is 13.2 Å². The van der Waals surface area contributed by atoms with Crippen molar-refractivity contribution in [3.05, 3.63) is 95.6 Å². The minimum absolute atomic E-state index is 0.0454. The summed E-state index contributed by atoms with van der Waals surface area (Å²) < 4.78 is 11.6. The zero-order valence-corrected chi connectivity index (χ0v) is 22.8. The number of aliphatic carboxylic acids is 1. The number of carboxylic acids is 1. The van der Waals surface area contributed by atoms with Gasteiger partial charge in [0.25, 0.3) is 0 Å². The van der Waals surface area contributed by atoms with Crippen LogP contribution in [0.2, 0.25) is 0 Å². The summed E-state index contributed by atoms with van der Waals surface area (Å²) in [6, 6.07) is 24.5. The Labute approximate surface area is 234 Å². The molecule has 3 unspecified atom stereocenters. The van der Waals surface area contributed by atoms with Crippen molar-refractivity contribution < 1.29 is 29.0 Å². The van der Waals surface area contributed by atoms with Crippen molar-refractivity contribution in [2.24, 2.45) is 5.92 Å². The van der Waals surface area contributed by atoms with Gasteiger partial charge < -0.3 is 25.2 Å². The van der Waals surface area contributed by atoms with Crippen LogP contribution in [0.1, 0.15) is 49.3 Å². The number of carbonyl (C=O) groups is 3. The highest BCUT2D eigenvalue weighted by atomic mass is 16.5. The van der Waals surface area contributed by atoms with Crippen LogP contribution < -0.4 is 10.6 Å². The molecule has 3 N–H and O–H groups in total. The zero-order chi connectivity index (χ0) is 28.5. The Morgan fingerprint density at radius 2 is 1.50 bits per heavy atom. The molecule has 0 aromatic heterocycles. The first-order chi connectivity index (χ1) is 19.4. The topological polar surface area (TPSA) is 114 Å². The van der Waals surface area contributed by atoms with E-state index in [2.05, 4.69) is 22.8 Å². The third-order valence-electron chi connectivity index (χ3n) is 7.23. The SMILES string of the molecule is CCCC(CNC(=O)C(NC(=O)OCC1c2ccccc2-c2ccccc21)C(C)OCc1ccccc1)C(=O)O. The van der Waals surface area contributed by atoms with E-state index in [1.807, 2.05) is 73.7 Å². The van der Waals surface area contributed by atoms with Crippen molar-refractivity contribution in [3.63, 3.8) is 0 Å². The molecule has 3 aromatic rings. The molecule has 0 fully saturated rings. The lowest BCUT2D eigenvalue weighted by Crippen LogP contribution is -2.54. The number of carboxylic acid groups (broad SMARTS) is 1. The number of rotatable bonds is 13. The van der Waals surface area contributed by atoms with Crippen LogP contribution in [0.15, 0.2) is 78.9 Å². The first-order valence-electron chi connectivity index (χ1n) is 13.7. The maximum Gasteiger partial charge on any atom is 0.407 e. The molecule has 0 spiro atoms. The molecule has 8 heteroatoms. The Hall–Kier alpha value is -4.17. The number of nitrogens with one attached hydrogen (secondary N) is 2. The van der Waals surface area contributed by atoms with Crippen molar-refractivity contribution in [1.82, 2.24) is 10.6 Å². The Kier molecular flexibility index (Phi) is 9.91. The van der Waals surface area contributed by atoms with Crippen LogP contribution in [-0.4, -0.2) is 48.4 Å². The highest BCUT2D eigenvalue weighted by molar-refractivity contribution is 5.86. The van der Waals surface area contributed by atoms with Gasteiger partial charge in [0.1, 0.15) is 12.6 Å². The molecule has 0 saturated heterocycles. The number of benzene rings is 3. The van der Waals surface area contributed by atoms with Crippen LogP contribution in [0.25, 0.3) is 11.1 Å². The molecule has 8 nitrogen and oxygen atoms in total. The summed E-state index contributed by atoms with van der Waals surface area (Å²) in [6.45, 7) is 3.88. The second kappa shape index (κ2) is 13.8. The van der Waals surface area contributed by atoms with Gasteiger partial charge in [0, 0.05) is 12.5 Å². The number of carbonyl (C=O) groups excluding carboxylic acids is 2. The standard InChI is InChI=1S/C32H36N2O6/c1-3-11-23(31(36)37)18-33-30(35)29(21(2)39-19-22-12-5-4-6-13-22)34-32(38)40-20-28-26-16-9-7-14-24(26)25-15-8-10-17-27(25)28/h4-10,12-17,21,23,28-29H,3,11,18-20H2,1-2H3,(H,33,35)(H,34,38)(H,36,37). The Morgan fingerprint density at radius 3 is 2.10 bits per heavy atom. The number of alkyl carbamates (subject to hydrolysis) is 1. The highest BCUT2D eigenvalue weighted by Gasteiger charge is 2.32. The van der Waals surface area contributed by atoms with Crippen molar-refractivity contribution in [2.45, 2.75) is 51.4 Å². The van der Waals surface area contributed by atoms with E-state index in [9.17, 15) is 19.5 Å². The molecule has 4 rings (SSSR count).